The molecule has 4 rings (SSSR count). The van der Waals surface area contributed by atoms with Crippen molar-refractivity contribution in [2.45, 2.75) is 19.3 Å². The number of carbonyl (C=O) groups excluding carboxylic acids is 1. The first kappa shape index (κ1) is 14.7. The highest BCUT2D eigenvalue weighted by Gasteiger charge is 2.14. The number of aromatic amines is 1. The lowest BCUT2D eigenvalue weighted by molar-refractivity contribution is 0.0997. The smallest absolute Gasteiger partial charge is 0.269 e. The van der Waals surface area contributed by atoms with Crippen LogP contribution in [0.4, 0.5) is 5.69 Å². The van der Waals surface area contributed by atoms with Gasteiger partial charge in [-0.2, -0.15) is 5.10 Å². The number of nitrogens with zero attached hydrogens (tertiary/aromatic N) is 3. The number of aromatic nitrogens is 3. The van der Waals surface area contributed by atoms with Gasteiger partial charge in [0.2, 0.25) is 0 Å². The number of H-pyrrole nitrogens is 1. The van der Waals surface area contributed by atoms with Crippen LogP contribution in [0.3, 0.4) is 0 Å². The van der Waals surface area contributed by atoms with Crippen LogP contribution in [0.5, 0.6) is 0 Å². The maximum absolute atomic E-state index is 11.5. The molecule has 1 fully saturated rings. The summed E-state index contributed by atoms with van der Waals surface area (Å²) in [6.07, 6.45) is 7.52. The summed E-state index contributed by atoms with van der Waals surface area (Å²) in [4.78, 5) is 18.3. The number of hydrogen-bond donors (Lipinski definition) is 2. The number of benzene rings is 1. The van der Waals surface area contributed by atoms with Crippen LogP contribution in [0.15, 0.2) is 36.7 Å². The largest absolute Gasteiger partial charge is 0.370 e. The molecule has 0 spiro atoms. The normalized spacial score (nSPS) is 14.9. The molecule has 0 radical (unpaired) electrons. The molecule has 6 nitrogen and oxygen atoms in total. The average Bonchev–Trinajstić information content (AvgIpc) is 3.06. The van der Waals surface area contributed by atoms with Crippen molar-refractivity contribution in [3.05, 3.63) is 42.4 Å². The first-order valence-electron chi connectivity index (χ1n) is 8.21. The third-order valence-electron chi connectivity index (χ3n) is 4.57. The van der Waals surface area contributed by atoms with E-state index in [2.05, 4.69) is 26.1 Å². The number of carbonyl (C=O) groups is 1. The summed E-state index contributed by atoms with van der Waals surface area (Å²) in [7, 11) is 0. The first-order chi connectivity index (χ1) is 11.7. The minimum atomic E-state index is -0.529. The fraction of sp³-hybridized carbons (Fsp3) is 0.278. The van der Waals surface area contributed by atoms with E-state index in [1.807, 2.05) is 30.6 Å². The van der Waals surface area contributed by atoms with Crippen LogP contribution in [0.25, 0.3) is 22.0 Å². The molecular formula is C18H19N5O. The molecular weight excluding hydrogens is 302 g/mol. The van der Waals surface area contributed by atoms with Crippen LogP contribution in [0.1, 0.15) is 29.8 Å². The second-order valence-corrected chi connectivity index (χ2v) is 6.18. The minimum absolute atomic E-state index is 0.270. The van der Waals surface area contributed by atoms with Gasteiger partial charge in [-0.05, 0) is 43.0 Å². The van der Waals surface area contributed by atoms with Gasteiger partial charge < -0.3 is 10.6 Å². The molecule has 1 aliphatic rings. The molecule has 3 heterocycles. The number of anilines is 1. The number of hydrogen-bond acceptors (Lipinski definition) is 4. The summed E-state index contributed by atoms with van der Waals surface area (Å²) in [6, 6.07) is 8.01. The van der Waals surface area contributed by atoms with Gasteiger partial charge in [0.25, 0.3) is 5.91 Å². The Kier molecular flexibility index (Phi) is 3.65. The molecule has 1 aliphatic heterocycles. The lowest BCUT2D eigenvalue weighted by Gasteiger charge is -2.28. The topological polar surface area (TPSA) is 87.9 Å². The van der Waals surface area contributed by atoms with E-state index in [-0.39, 0.29) is 5.69 Å². The third kappa shape index (κ3) is 2.60. The average molecular weight is 321 g/mol. The van der Waals surface area contributed by atoms with Gasteiger partial charge in [-0.25, -0.2) is 0 Å². The van der Waals surface area contributed by atoms with Crippen LogP contribution >= 0.6 is 0 Å². The summed E-state index contributed by atoms with van der Waals surface area (Å²) < 4.78 is 0. The van der Waals surface area contributed by atoms with E-state index in [0.29, 0.717) is 0 Å². The van der Waals surface area contributed by atoms with Gasteiger partial charge in [-0.3, -0.25) is 14.9 Å². The molecule has 6 heteroatoms. The second-order valence-electron chi connectivity index (χ2n) is 6.18. The molecule has 24 heavy (non-hydrogen) atoms. The van der Waals surface area contributed by atoms with E-state index in [9.17, 15) is 4.79 Å². The SMILES string of the molecule is NC(=O)c1n[nH]c2ccc(-c3cncc(N4CCCCC4)c3)cc12. The van der Waals surface area contributed by atoms with Gasteiger partial charge in [0, 0.05) is 30.2 Å². The zero-order chi connectivity index (χ0) is 16.5. The van der Waals surface area contributed by atoms with E-state index in [1.54, 1.807) is 0 Å². The van der Waals surface area contributed by atoms with Gasteiger partial charge >= 0.3 is 0 Å². The van der Waals surface area contributed by atoms with Gasteiger partial charge in [0.1, 0.15) is 0 Å². The maximum Gasteiger partial charge on any atom is 0.269 e. The summed E-state index contributed by atoms with van der Waals surface area (Å²) in [5.74, 6) is -0.529. The molecule has 3 aromatic rings. The van der Waals surface area contributed by atoms with Crippen molar-refractivity contribution in [1.82, 2.24) is 15.2 Å². The van der Waals surface area contributed by atoms with Crippen molar-refractivity contribution >= 4 is 22.5 Å². The van der Waals surface area contributed by atoms with Crippen LogP contribution in [0.2, 0.25) is 0 Å². The quantitative estimate of drug-likeness (QED) is 0.776. The van der Waals surface area contributed by atoms with Crippen molar-refractivity contribution in [1.29, 1.82) is 0 Å². The summed E-state index contributed by atoms with van der Waals surface area (Å²) >= 11 is 0. The molecule has 0 unspecified atom stereocenters. The molecule has 122 valence electrons. The second kappa shape index (κ2) is 5.96. The Morgan fingerprint density at radius 1 is 1.08 bits per heavy atom. The molecule has 0 atom stereocenters. The van der Waals surface area contributed by atoms with Crippen molar-refractivity contribution in [3.63, 3.8) is 0 Å². The number of nitrogens with one attached hydrogen (secondary N) is 1. The van der Waals surface area contributed by atoms with Crippen molar-refractivity contribution in [2.24, 2.45) is 5.73 Å². The lowest BCUT2D eigenvalue weighted by atomic mass is 10.0. The lowest BCUT2D eigenvalue weighted by Crippen LogP contribution is -2.29. The molecule has 3 N–H and O–H groups in total. The fourth-order valence-electron chi connectivity index (χ4n) is 3.29. The van der Waals surface area contributed by atoms with Gasteiger partial charge in [-0.15, -0.1) is 0 Å². The van der Waals surface area contributed by atoms with Crippen LogP contribution in [-0.2, 0) is 0 Å². The number of primary amides is 1. The molecule has 1 aromatic carbocycles. The maximum atomic E-state index is 11.5. The van der Waals surface area contributed by atoms with E-state index in [1.165, 1.54) is 19.3 Å². The fourth-order valence-corrected chi connectivity index (χ4v) is 3.29. The Balaban J connectivity index is 1.74. The van der Waals surface area contributed by atoms with Crippen LogP contribution in [-0.4, -0.2) is 34.2 Å². The summed E-state index contributed by atoms with van der Waals surface area (Å²) in [5, 5.41) is 7.57. The number of nitrogens with two attached hydrogens (primary N) is 1. The molecule has 1 saturated heterocycles. The molecule has 1 amide bonds. The minimum Gasteiger partial charge on any atom is -0.370 e. The Morgan fingerprint density at radius 2 is 1.92 bits per heavy atom. The molecule has 0 bridgehead atoms. The Bertz CT molecular complexity index is 895. The predicted molar refractivity (Wildman–Crippen MR) is 93.9 cm³/mol. The van der Waals surface area contributed by atoms with E-state index in [4.69, 9.17) is 5.73 Å². The number of amides is 1. The zero-order valence-electron chi connectivity index (χ0n) is 13.3. The van der Waals surface area contributed by atoms with Crippen molar-refractivity contribution in [2.75, 3.05) is 18.0 Å². The van der Waals surface area contributed by atoms with Crippen LogP contribution in [0, 0.1) is 0 Å². The monoisotopic (exact) mass is 321 g/mol. The van der Waals surface area contributed by atoms with E-state index >= 15 is 0 Å². The van der Waals surface area contributed by atoms with Gasteiger partial charge in [-0.1, -0.05) is 6.07 Å². The van der Waals surface area contributed by atoms with Crippen molar-refractivity contribution in [3.8, 4) is 11.1 Å². The van der Waals surface area contributed by atoms with Crippen molar-refractivity contribution < 1.29 is 4.79 Å². The van der Waals surface area contributed by atoms with Gasteiger partial charge in [0.05, 0.1) is 17.4 Å². The van der Waals surface area contributed by atoms with Crippen LogP contribution < -0.4 is 10.6 Å². The first-order valence-corrected chi connectivity index (χ1v) is 8.21. The van der Waals surface area contributed by atoms with E-state index in [0.717, 1.165) is 40.8 Å². The highest BCUT2D eigenvalue weighted by molar-refractivity contribution is 6.04. The van der Waals surface area contributed by atoms with Gasteiger partial charge in [0.15, 0.2) is 5.69 Å². The number of fused-ring (bicyclic) bond motifs is 1. The molecule has 0 saturated carbocycles. The Morgan fingerprint density at radius 3 is 2.71 bits per heavy atom. The molecule has 2 aromatic heterocycles. The highest BCUT2D eigenvalue weighted by Crippen LogP contribution is 2.28. The molecule has 0 aliphatic carbocycles. The Labute approximate surface area is 139 Å². The standard InChI is InChI=1S/C18H19N5O/c19-18(24)17-15-9-12(4-5-16(15)21-22-17)13-8-14(11-20-10-13)23-6-2-1-3-7-23/h4-5,8-11H,1-3,6-7H2,(H2,19,24)(H,21,22). The zero-order valence-corrected chi connectivity index (χ0v) is 13.3. The van der Waals surface area contributed by atoms with E-state index < -0.39 is 5.91 Å². The number of piperidine rings is 1. The highest BCUT2D eigenvalue weighted by atomic mass is 16.1. The number of pyridine rings is 1. The summed E-state index contributed by atoms with van der Waals surface area (Å²) in [5.41, 5.74) is 9.63. The third-order valence-corrected chi connectivity index (χ3v) is 4.57. The number of rotatable bonds is 3. The predicted octanol–water partition coefficient (Wildman–Crippen LogP) is 2.71. The summed E-state index contributed by atoms with van der Waals surface area (Å²) in [6.45, 7) is 2.16. The Hall–Kier alpha value is -2.89.